The molecule has 0 radical (unpaired) electrons. The third-order valence-electron chi connectivity index (χ3n) is 3.36. The molecule has 0 spiro atoms. The van der Waals surface area contributed by atoms with Crippen molar-refractivity contribution in [2.75, 3.05) is 0 Å². The van der Waals surface area contributed by atoms with Crippen molar-refractivity contribution in [3.63, 3.8) is 0 Å². The van der Waals surface area contributed by atoms with Crippen LogP contribution in [0, 0.1) is 5.92 Å². The molecule has 6 nitrogen and oxygen atoms in total. The molecule has 0 saturated heterocycles. The first kappa shape index (κ1) is 17.5. The van der Waals surface area contributed by atoms with Crippen molar-refractivity contribution in [2.45, 2.75) is 50.7 Å². The zero-order valence-electron chi connectivity index (χ0n) is 13.9. The molecular formula is C16H23N5OS. The van der Waals surface area contributed by atoms with Gasteiger partial charge in [0.15, 0.2) is 0 Å². The number of carbonyl (C=O) groups is 1. The van der Waals surface area contributed by atoms with Crippen LogP contribution in [0.4, 0.5) is 0 Å². The number of hydrogen-bond donors (Lipinski definition) is 1. The van der Waals surface area contributed by atoms with Crippen molar-refractivity contribution in [2.24, 2.45) is 5.92 Å². The fourth-order valence-corrected chi connectivity index (χ4v) is 3.21. The SMILES string of the molecule is CC(C)[C@H](Sc1nnnn1C(C)C)C(=O)NCc1ccccc1. The van der Waals surface area contributed by atoms with Gasteiger partial charge in [0.1, 0.15) is 0 Å². The highest BCUT2D eigenvalue weighted by Crippen LogP contribution is 2.27. The van der Waals surface area contributed by atoms with E-state index in [0.717, 1.165) is 5.56 Å². The molecule has 0 saturated carbocycles. The molecule has 23 heavy (non-hydrogen) atoms. The van der Waals surface area contributed by atoms with Crippen LogP contribution in [0.1, 0.15) is 39.3 Å². The molecule has 0 aliphatic heterocycles. The molecule has 0 bridgehead atoms. The van der Waals surface area contributed by atoms with E-state index in [1.165, 1.54) is 11.8 Å². The van der Waals surface area contributed by atoms with E-state index >= 15 is 0 Å². The number of rotatable bonds is 7. The fraction of sp³-hybridized carbons (Fsp3) is 0.500. The number of carbonyl (C=O) groups excluding carboxylic acids is 1. The minimum atomic E-state index is -0.234. The van der Waals surface area contributed by atoms with Crippen molar-refractivity contribution < 1.29 is 4.79 Å². The summed E-state index contributed by atoms with van der Waals surface area (Å²) >= 11 is 1.42. The molecule has 7 heteroatoms. The molecule has 0 aliphatic carbocycles. The number of hydrogen-bond acceptors (Lipinski definition) is 5. The van der Waals surface area contributed by atoms with Crippen LogP contribution in [0.2, 0.25) is 0 Å². The van der Waals surface area contributed by atoms with Crippen LogP contribution in [0.25, 0.3) is 0 Å². The average molecular weight is 333 g/mol. The van der Waals surface area contributed by atoms with E-state index in [1.54, 1.807) is 4.68 Å². The third kappa shape index (κ3) is 4.79. The Morgan fingerprint density at radius 1 is 1.22 bits per heavy atom. The molecule has 1 aromatic heterocycles. The zero-order chi connectivity index (χ0) is 16.8. The smallest absolute Gasteiger partial charge is 0.234 e. The predicted octanol–water partition coefficient (Wildman–Crippen LogP) is 2.69. The quantitative estimate of drug-likeness (QED) is 0.789. The second-order valence-electron chi connectivity index (χ2n) is 5.99. The van der Waals surface area contributed by atoms with E-state index in [9.17, 15) is 4.79 Å². The Morgan fingerprint density at radius 2 is 1.91 bits per heavy atom. The van der Waals surface area contributed by atoms with Crippen LogP contribution >= 0.6 is 11.8 Å². The summed E-state index contributed by atoms with van der Waals surface area (Å²) in [4.78, 5) is 12.6. The van der Waals surface area contributed by atoms with Crippen LogP contribution in [0.3, 0.4) is 0 Å². The molecule has 0 unspecified atom stereocenters. The van der Waals surface area contributed by atoms with E-state index in [2.05, 4.69) is 20.8 Å². The monoisotopic (exact) mass is 333 g/mol. The largest absolute Gasteiger partial charge is 0.351 e. The van der Waals surface area contributed by atoms with Crippen LogP contribution < -0.4 is 5.32 Å². The van der Waals surface area contributed by atoms with Gasteiger partial charge in [-0.1, -0.05) is 55.9 Å². The van der Waals surface area contributed by atoms with Crippen molar-refractivity contribution in [3.05, 3.63) is 35.9 Å². The Hall–Kier alpha value is -1.89. The highest BCUT2D eigenvalue weighted by atomic mass is 32.2. The fourth-order valence-electron chi connectivity index (χ4n) is 2.08. The summed E-state index contributed by atoms with van der Waals surface area (Å²) in [5.74, 6) is 0.181. The number of amides is 1. The third-order valence-corrected chi connectivity index (χ3v) is 4.85. The van der Waals surface area contributed by atoms with E-state index in [1.807, 2.05) is 58.0 Å². The van der Waals surface area contributed by atoms with Gasteiger partial charge in [-0.3, -0.25) is 4.79 Å². The summed E-state index contributed by atoms with van der Waals surface area (Å²) < 4.78 is 1.74. The van der Waals surface area contributed by atoms with Gasteiger partial charge >= 0.3 is 0 Å². The summed E-state index contributed by atoms with van der Waals surface area (Å²) in [6.07, 6.45) is 0. The van der Waals surface area contributed by atoms with Crippen LogP contribution in [-0.2, 0) is 11.3 Å². The molecular weight excluding hydrogens is 310 g/mol. The molecule has 2 aromatic rings. The minimum absolute atomic E-state index is 0.00663. The van der Waals surface area contributed by atoms with Gasteiger partial charge in [0.05, 0.1) is 11.3 Å². The second kappa shape index (κ2) is 8.10. The summed E-state index contributed by atoms with van der Waals surface area (Å²) in [7, 11) is 0. The van der Waals surface area contributed by atoms with Gasteiger partial charge in [0, 0.05) is 6.54 Å². The Balaban J connectivity index is 2.03. The number of benzene rings is 1. The first-order valence-electron chi connectivity index (χ1n) is 7.75. The Morgan fingerprint density at radius 3 is 2.52 bits per heavy atom. The van der Waals surface area contributed by atoms with Gasteiger partial charge < -0.3 is 5.32 Å². The van der Waals surface area contributed by atoms with Gasteiger partial charge in [-0.25, -0.2) is 4.68 Å². The lowest BCUT2D eigenvalue weighted by atomic mass is 10.1. The predicted molar refractivity (Wildman–Crippen MR) is 91.0 cm³/mol. The first-order chi connectivity index (χ1) is 11.0. The van der Waals surface area contributed by atoms with Gasteiger partial charge in [-0.15, -0.1) is 5.10 Å². The maximum Gasteiger partial charge on any atom is 0.234 e. The van der Waals surface area contributed by atoms with Crippen LogP contribution in [0.5, 0.6) is 0 Å². The molecule has 1 amide bonds. The van der Waals surface area contributed by atoms with Crippen molar-refractivity contribution in [1.82, 2.24) is 25.5 Å². The summed E-state index contributed by atoms with van der Waals surface area (Å²) in [6, 6.07) is 10.0. The number of aromatic nitrogens is 4. The topological polar surface area (TPSA) is 72.7 Å². The molecule has 1 N–H and O–H groups in total. The van der Waals surface area contributed by atoms with Gasteiger partial charge in [-0.2, -0.15) is 0 Å². The molecule has 1 atom stereocenters. The Kier molecular flexibility index (Phi) is 6.15. The molecule has 1 aromatic carbocycles. The highest BCUT2D eigenvalue weighted by molar-refractivity contribution is 8.00. The lowest BCUT2D eigenvalue weighted by Gasteiger charge is -2.19. The maximum atomic E-state index is 12.6. The Labute approximate surface area is 141 Å². The lowest BCUT2D eigenvalue weighted by Crippen LogP contribution is -2.35. The first-order valence-corrected chi connectivity index (χ1v) is 8.63. The number of tetrazole rings is 1. The van der Waals surface area contributed by atoms with E-state index in [0.29, 0.717) is 11.7 Å². The van der Waals surface area contributed by atoms with E-state index in [4.69, 9.17) is 0 Å². The van der Waals surface area contributed by atoms with Crippen molar-refractivity contribution in [1.29, 1.82) is 0 Å². The molecule has 0 fully saturated rings. The van der Waals surface area contributed by atoms with Gasteiger partial charge in [0.2, 0.25) is 11.1 Å². The summed E-state index contributed by atoms with van der Waals surface area (Å²) in [6.45, 7) is 8.62. The van der Waals surface area contributed by atoms with Gasteiger partial charge in [0.25, 0.3) is 0 Å². The second-order valence-corrected chi connectivity index (χ2v) is 7.09. The summed E-state index contributed by atoms with van der Waals surface area (Å²) in [5, 5.41) is 15.2. The maximum absolute atomic E-state index is 12.6. The molecule has 1 heterocycles. The number of nitrogens with zero attached hydrogens (tertiary/aromatic N) is 4. The standard InChI is InChI=1S/C16H23N5OS/c1-11(2)14(23-16-18-19-20-21(16)12(3)4)15(22)17-10-13-8-6-5-7-9-13/h5-9,11-12,14H,10H2,1-4H3,(H,17,22)/t14-/m0/s1. The van der Waals surface area contributed by atoms with Gasteiger partial charge in [-0.05, 0) is 35.8 Å². The minimum Gasteiger partial charge on any atom is -0.351 e. The number of nitrogens with one attached hydrogen (secondary N) is 1. The highest BCUT2D eigenvalue weighted by Gasteiger charge is 2.26. The van der Waals surface area contributed by atoms with Crippen LogP contribution in [0.15, 0.2) is 35.5 Å². The average Bonchev–Trinajstić information content (AvgIpc) is 2.99. The lowest BCUT2D eigenvalue weighted by molar-refractivity contribution is -0.121. The normalized spacial score (nSPS) is 12.6. The molecule has 2 rings (SSSR count). The van der Waals surface area contributed by atoms with Crippen molar-refractivity contribution in [3.8, 4) is 0 Å². The van der Waals surface area contributed by atoms with E-state index in [-0.39, 0.29) is 23.1 Å². The molecule has 0 aliphatic rings. The zero-order valence-corrected chi connectivity index (χ0v) is 14.7. The molecule has 124 valence electrons. The van der Waals surface area contributed by atoms with Crippen LogP contribution in [-0.4, -0.2) is 31.4 Å². The van der Waals surface area contributed by atoms with E-state index < -0.39 is 0 Å². The van der Waals surface area contributed by atoms with Crippen molar-refractivity contribution >= 4 is 17.7 Å². The summed E-state index contributed by atoms with van der Waals surface area (Å²) in [5.41, 5.74) is 1.08. The Bertz CT molecular complexity index is 626. The number of thioether (sulfide) groups is 1.